The van der Waals surface area contributed by atoms with Crippen molar-refractivity contribution in [3.05, 3.63) is 88.6 Å². The molecule has 4 aromatic rings. The van der Waals surface area contributed by atoms with Crippen LogP contribution in [0.3, 0.4) is 0 Å². The molecule has 2 aromatic heterocycles. The number of halogens is 1. The Kier molecular flexibility index (Phi) is 4.44. The van der Waals surface area contributed by atoms with E-state index in [0.717, 1.165) is 16.0 Å². The number of hydrogen-bond donors (Lipinski definition) is 2. The zero-order valence-electron chi connectivity index (χ0n) is 17.2. The molecule has 2 aromatic carbocycles. The van der Waals surface area contributed by atoms with Crippen LogP contribution in [-0.2, 0) is 9.59 Å². The number of nitrogens with one attached hydrogen (secondary N) is 1. The number of carbonyl (C=O) groups excluding carboxylic acids is 2. The van der Waals surface area contributed by atoms with E-state index in [1.54, 1.807) is 25.1 Å². The maximum atomic E-state index is 13.6. The van der Waals surface area contributed by atoms with Gasteiger partial charge in [0.25, 0.3) is 5.78 Å². The number of Topliss-reactive ketones (excluding diaryl/α,β-unsaturated/α-hetero) is 1. The molecule has 0 bridgehead atoms. The summed E-state index contributed by atoms with van der Waals surface area (Å²) < 4.78 is 19.2. The molecule has 1 aliphatic heterocycles. The van der Waals surface area contributed by atoms with E-state index in [9.17, 15) is 19.1 Å². The van der Waals surface area contributed by atoms with E-state index in [1.165, 1.54) is 24.5 Å². The van der Waals surface area contributed by atoms with Crippen molar-refractivity contribution in [1.29, 1.82) is 0 Å². The molecule has 160 valence electrons. The minimum Gasteiger partial charge on any atom is -0.507 e. The zero-order chi connectivity index (χ0) is 22.6. The summed E-state index contributed by atoms with van der Waals surface area (Å²) >= 11 is 0. The van der Waals surface area contributed by atoms with Crippen LogP contribution in [0.5, 0.6) is 0 Å². The molecule has 1 atom stereocenters. The number of rotatable bonds is 3. The summed E-state index contributed by atoms with van der Waals surface area (Å²) in [4.78, 5) is 34.6. The van der Waals surface area contributed by atoms with Crippen molar-refractivity contribution in [3.63, 3.8) is 0 Å². The van der Waals surface area contributed by atoms with E-state index in [2.05, 4.69) is 9.97 Å². The lowest BCUT2D eigenvalue weighted by atomic mass is 9.96. The van der Waals surface area contributed by atoms with Crippen LogP contribution in [0.25, 0.3) is 16.8 Å². The van der Waals surface area contributed by atoms with Gasteiger partial charge in [0.2, 0.25) is 5.95 Å². The number of benzene rings is 2. The number of aryl methyl sites for hydroxylation is 2. The van der Waals surface area contributed by atoms with Gasteiger partial charge in [0.15, 0.2) is 0 Å². The summed E-state index contributed by atoms with van der Waals surface area (Å²) in [5, 5.41) is 11.2. The molecule has 1 saturated heterocycles. The number of fused-ring (bicyclic) bond motifs is 1. The van der Waals surface area contributed by atoms with Crippen molar-refractivity contribution < 1.29 is 23.5 Å². The molecule has 1 fully saturated rings. The molecule has 5 rings (SSSR count). The van der Waals surface area contributed by atoms with Gasteiger partial charge in [-0.2, -0.15) is 0 Å². The van der Waals surface area contributed by atoms with E-state index >= 15 is 0 Å². The first-order chi connectivity index (χ1) is 15.3. The second-order valence-electron chi connectivity index (χ2n) is 7.72. The van der Waals surface area contributed by atoms with E-state index in [1.807, 2.05) is 19.1 Å². The van der Waals surface area contributed by atoms with Crippen LogP contribution in [0.1, 0.15) is 28.5 Å². The number of aliphatic hydroxyl groups is 1. The van der Waals surface area contributed by atoms with E-state index in [0.29, 0.717) is 16.6 Å². The smallest absolute Gasteiger partial charge is 0.302 e. The fourth-order valence-corrected chi connectivity index (χ4v) is 3.99. The fourth-order valence-electron chi connectivity index (χ4n) is 3.99. The van der Waals surface area contributed by atoms with Crippen molar-refractivity contribution >= 4 is 34.4 Å². The maximum Gasteiger partial charge on any atom is 0.302 e. The molecule has 1 unspecified atom stereocenters. The molecule has 0 aliphatic carbocycles. The monoisotopic (exact) mass is 431 g/mol. The molecule has 2 N–H and O–H groups in total. The van der Waals surface area contributed by atoms with Gasteiger partial charge in [-0.1, -0.05) is 17.7 Å². The van der Waals surface area contributed by atoms with Crippen LogP contribution in [-0.4, -0.2) is 26.8 Å². The van der Waals surface area contributed by atoms with Gasteiger partial charge in [0, 0.05) is 5.56 Å². The SMILES string of the molecule is Cc1ccc(C)c(/C(O)=C2\C(=O)C(=O)N(c3nc4ccc(F)cc4[nH]3)C2c2ccco2)c1. The molecular weight excluding hydrogens is 413 g/mol. The number of amides is 1. The van der Waals surface area contributed by atoms with Crippen molar-refractivity contribution in [2.45, 2.75) is 19.9 Å². The second kappa shape index (κ2) is 7.19. The Morgan fingerprint density at radius 1 is 1.16 bits per heavy atom. The Morgan fingerprint density at radius 3 is 2.72 bits per heavy atom. The van der Waals surface area contributed by atoms with Crippen LogP contribution in [0, 0.1) is 19.7 Å². The molecule has 0 radical (unpaired) electrons. The third kappa shape index (κ3) is 2.99. The molecule has 7 nitrogen and oxygen atoms in total. The lowest BCUT2D eigenvalue weighted by Crippen LogP contribution is -2.30. The van der Waals surface area contributed by atoms with Crippen LogP contribution in [0.15, 0.2) is 64.8 Å². The summed E-state index contributed by atoms with van der Waals surface area (Å²) in [6.45, 7) is 3.67. The molecule has 8 heteroatoms. The van der Waals surface area contributed by atoms with Crippen LogP contribution in [0.4, 0.5) is 10.3 Å². The topological polar surface area (TPSA) is 99.4 Å². The molecule has 3 heterocycles. The average molecular weight is 431 g/mol. The van der Waals surface area contributed by atoms with Gasteiger partial charge in [0.1, 0.15) is 23.4 Å². The number of carbonyl (C=O) groups is 2. The predicted molar refractivity (Wildman–Crippen MR) is 115 cm³/mol. The highest BCUT2D eigenvalue weighted by Crippen LogP contribution is 2.42. The molecular formula is C24H18FN3O4. The van der Waals surface area contributed by atoms with Gasteiger partial charge in [0.05, 0.1) is 22.9 Å². The third-order valence-electron chi connectivity index (χ3n) is 5.56. The number of nitrogens with zero attached hydrogens (tertiary/aromatic N) is 2. The second-order valence-corrected chi connectivity index (χ2v) is 7.72. The summed E-state index contributed by atoms with van der Waals surface area (Å²) in [6, 6.07) is 11.6. The van der Waals surface area contributed by atoms with Crippen molar-refractivity contribution in [2.75, 3.05) is 4.90 Å². The average Bonchev–Trinajstić information content (AvgIpc) is 3.48. The molecule has 32 heavy (non-hydrogen) atoms. The number of aliphatic hydroxyl groups excluding tert-OH is 1. The quantitative estimate of drug-likeness (QED) is 0.282. The molecule has 0 saturated carbocycles. The number of ketones is 1. The number of furan rings is 1. The summed E-state index contributed by atoms with van der Waals surface area (Å²) in [5.74, 6) is -2.17. The zero-order valence-corrected chi connectivity index (χ0v) is 17.2. The molecule has 1 aliphatic rings. The summed E-state index contributed by atoms with van der Waals surface area (Å²) in [6.07, 6.45) is 1.42. The van der Waals surface area contributed by atoms with Gasteiger partial charge in [-0.3, -0.25) is 14.5 Å². The van der Waals surface area contributed by atoms with Crippen LogP contribution in [0.2, 0.25) is 0 Å². The summed E-state index contributed by atoms with van der Waals surface area (Å²) in [7, 11) is 0. The van der Waals surface area contributed by atoms with Gasteiger partial charge >= 0.3 is 5.91 Å². The first-order valence-corrected chi connectivity index (χ1v) is 9.92. The van der Waals surface area contributed by atoms with Crippen molar-refractivity contribution in [2.24, 2.45) is 0 Å². The van der Waals surface area contributed by atoms with Crippen molar-refractivity contribution in [1.82, 2.24) is 9.97 Å². The number of H-pyrrole nitrogens is 1. The Labute approximate surface area is 181 Å². The first kappa shape index (κ1) is 19.7. The largest absolute Gasteiger partial charge is 0.507 e. The first-order valence-electron chi connectivity index (χ1n) is 9.92. The van der Waals surface area contributed by atoms with Gasteiger partial charge in [-0.15, -0.1) is 0 Å². The fraction of sp³-hybridized carbons (Fsp3) is 0.125. The Hall–Kier alpha value is -4.20. The highest BCUT2D eigenvalue weighted by Gasteiger charge is 2.49. The van der Waals surface area contributed by atoms with Gasteiger partial charge in [-0.25, -0.2) is 9.37 Å². The minimum absolute atomic E-state index is 0.0501. The lowest BCUT2D eigenvalue weighted by Gasteiger charge is -2.20. The van der Waals surface area contributed by atoms with Crippen LogP contribution >= 0.6 is 0 Å². The van der Waals surface area contributed by atoms with Gasteiger partial charge in [-0.05, 0) is 55.8 Å². The minimum atomic E-state index is -1.05. The third-order valence-corrected chi connectivity index (χ3v) is 5.56. The van der Waals surface area contributed by atoms with E-state index in [4.69, 9.17) is 4.42 Å². The highest BCUT2D eigenvalue weighted by atomic mass is 19.1. The predicted octanol–water partition coefficient (Wildman–Crippen LogP) is 4.54. The van der Waals surface area contributed by atoms with E-state index < -0.39 is 23.5 Å². The Bertz CT molecular complexity index is 1420. The Morgan fingerprint density at radius 2 is 1.97 bits per heavy atom. The number of aromatic amines is 1. The molecule has 0 spiro atoms. The van der Waals surface area contributed by atoms with E-state index in [-0.39, 0.29) is 23.0 Å². The number of imidazole rings is 1. The lowest BCUT2D eigenvalue weighted by molar-refractivity contribution is -0.132. The van der Waals surface area contributed by atoms with Crippen LogP contribution < -0.4 is 4.90 Å². The number of hydrogen-bond acceptors (Lipinski definition) is 5. The number of aromatic nitrogens is 2. The normalized spacial score (nSPS) is 18.1. The van der Waals surface area contributed by atoms with Crippen molar-refractivity contribution in [3.8, 4) is 0 Å². The Balaban J connectivity index is 1.74. The summed E-state index contributed by atoms with van der Waals surface area (Å²) in [5.41, 5.74) is 2.78. The number of anilines is 1. The van der Waals surface area contributed by atoms with Gasteiger partial charge < -0.3 is 14.5 Å². The standard InChI is InChI=1S/C24H18FN3O4/c1-12-5-6-13(2)15(10-12)21(29)19-20(18-4-3-9-32-18)28(23(31)22(19)30)24-26-16-8-7-14(25)11-17(16)27-24/h3-11,20,29H,1-2H3,(H,26,27)/b21-19+. The molecule has 1 amide bonds. The maximum absolute atomic E-state index is 13.6. The highest BCUT2D eigenvalue weighted by molar-refractivity contribution is 6.51.